The molecule has 0 radical (unpaired) electrons. The van der Waals surface area contributed by atoms with Gasteiger partial charge in [0.15, 0.2) is 0 Å². The van der Waals surface area contributed by atoms with Crippen LogP contribution in [0.5, 0.6) is 0 Å². The van der Waals surface area contributed by atoms with Crippen LogP contribution in [0.15, 0.2) is 18.2 Å². The minimum absolute atomic E-state index is 0.0112. The van der Waals surface area contributed by atoms with E-state index in [1.807, 2.05) is 14.0 Å². The highest BCUT2D eigenvalue weighted by Gasteiger charge is 2.12. The van der Waals surface area contributed by atoms with Crippen molar-refractivity contribution in [3.8, 4) is 0 Å². The van der Waals surface area contributed by atoms with Crippen LogP contribution in [0.25, 0.3) is 0 Å². The van der Waals surface area contributed by atoms with Crippen LogP contribution in [-0.4, -0.2) is 19.5 Å². The van der Waals surface area contributed by atoms with Crippen LogP contribution in [0, 0.1) is 0 Å². The molecule has 0 bridgehead atoms. The van der Waals surface area contributed by atoms with Gasteiger partial charge >= 0.3 is 0 Å². The zero-order valence-corrected chi connectivity index (χ0v) is 11.4. The zero-order chi connectivity index (χ0) is 12.8. The smallest absolute Gasteiger partial charge is 0.221 e. The summed E-state index contributed by atoms with van der Waals surface area (Å²) in [7, 11) is 1.81. The first kappa shape index (κ1) is 14.3. The molecule has 3 nitrogen and oxygen atoms in total. The summed E-state index contributed by atoms with van der Waals surface area (Å²) in [6.45, 7) is 2.54. The molecule has 5 heteroatoms. The molecule has 0 aliphatic rings. The molecule has 0 heterocycles. The number of hydrogen-bond acceptors (Lipinski definition) is 2. The first-order valence-electron chi connectivity index (χ1n) is 5.43. The maximum absolute atomic E-state index is 11.6. The van der Waals surface area contributed by atoms with E-state index in [0.29, 0.717) is 23.0 Å². The van der Waals surface area contributed by atoms with Crippen molar-refractivity contribution in [1.29, 1.82) is 0 Å². The Hall–Kier alpha value is -0.770. The molecule has 0 aliphatic heterocycles. The van der Waals surface area contributed by atoms with Crippen molar-refractivity contribution < 1.29 is 4.79 Å². The average molecular weight is 275 g/mol. The van der Waals surface area contributed by atoms with Crippen LogP contribution in [0.4, 0.5) is 0 Å². The molecule has 1 aromatic rings. The van der Waals surface area contributed by atoms with E-state index in [-0.39, 0.29) is 11.9 Å². The van der Waals surface area contributed by atoms with E-state index in [2.05, 4.69) is 10.6 Å². The van der Waals surface area contributed by atoms with Gasteiger partial charge in [0.25, 0.3) is 0 Å². The summed E-state index contributed by atoms with van der Waals surface area (Å²) in [5.74, 6) is -0.0112. The summed E-state index contributed by atoms with van der Waals surface area (Å²) in [6.07, 6.45) is 0.443. The van der Waals surface area contributed by atoms with Gasteiger partial charge in [-0.25, -0.2) is 0 Å². The van der Waals surface area contributed by atoms with Crippen LogP contribution >= 0.6 is 23.2 Å². The Morgan fingerprint density at radius 3 is 2.76 bits per heavy atom. The predicted molar refractivity (Wildman–Crippen MR) is 71.6 cm³/mol. The largest absolute Gasteiger partial charge is 0.349 e. The third kappa shape index (κ3) is 4.54. The lowest BCUT2D eigenvalue weighted by atomic mass is 10.1. The zero-order valence-electron chi connectivity index (χ0n) is 9.89. The van der Waals surface area contributed by atoms with Gasteiger partial charge in [0.2, 0.25) is 5.91 Å². The van der Waals surface area contributed by atoms with Crippen LogP contribution in [0.3, 0.4) is 0 Å². The van der Waals surface area contributed by atoms with E-state index in [4.69, 9.17) is 23.2 Å². The van der Waals surface area contributed by atoms with E-state index in [1.165, 1.54) is 0 Å². The normalized spacial score (nSPS) is 12.2. The van der Waals surface area contributed by atoms with Gasteiger partial charge in [-0.15, -0.1) is 0 Å². The van der Waals surface area contributed by atoms with Gasteiger partial charge in [0, 0.05) is 23.0 Å². The summed E-state index contributed by atoms with van der Waals surface area (Å²) in [5, 5.41) is 7.02. The van der Waals surface area contributed by atoms with Crippen LogP contribution < -0.4 is 10.6 Å². The molecule has 0 spiro atoms. The van der Waals surface area contributed by atoms with E-state index in [0.717, 1.165) is 5.56 Å². The van der Waals surface area contributed by atoms with Crippen LogP contribution in [0.2, 0.25) is 10.0 Å². The summed E-state index contributed by atoms with van der Waals surface area (Å²) < 4.78 is 0. The minimum atomic E-state index is -0.148. The topological polar surface area (TPSA) is 41.1 Å². The highest BCUT2D eigenvalue weighted by molar-refractivity contribution is 6.33. The molecule has 1 rings (SSSR count). The van der Waals surface area contributed by atoms with Gasteiger partial charge in [-0.3, -0.25) is 4.79 Å². The first-order chi connectivity index (χ1) is 8.04. The van der Waals surface area contributed by atoms with Crippen LogP contribution in [0.1, 0.15) is 24.9 Å². The second-order valence-corrected chi connectivity index (χ2v) is 4.65. The maximum Gasteiger partial charge on any atom is 0.221 e. The summed E-state index contributed by atoms with van der Waals surface area (Å²) in [4.78, 5) is 11.6. The second kappa shape index (κ2) is 6.84. The monoisotopic (exact) mass is 274 g/mol. The van der Waals surface area contributed by atoms with Crippen molar-refractivity contribution in [2.75, 3.05) is 13.6 Å². The van der Waals surface area contributed by atoms with E-state index in [9.17, 15) is 4.79 Å². The lowest BCUT2D eigenvalue weighted by molar-refractivity contribution is -0.121. The molecule has 1 atom stereocenters. The fourth-order valence-electron chi connectivity index (χ4n) is 1.48. The van der Waals surface area contributed by atoms with Crippen molar-refractivity contribution in [3.63, 3.8) is 0 Å². The fraction of sp³-hybridized carbons (Fsp3) is 0.417. The number of rotatable bonds is 5. The highest BCUT2D eigenvalue weighted by atomic mass is 35.5. The third-order valence-corrected chi connectivity index (χ3v) is 2.98. The van der Waals surface area contributed by atoms with Crippen molar-refractivity contribution in [2.45, 2.75) is 19.4 Å². The second-order valence-electron chi connectivity index (χ2n) is 3.81. The van der Waals surface area contributed by atoms with Gasteiger partial charge in [-0.05, 0) is 37.7 Å². The summed E-state index contributed by atoms with van der Waals surface area (Å²) in [5.41, 5.74) is 0.831. The van der Waals surface area contributed by atoms with E-state index in [1.54, 1.807) is 18.2 Å². The Morgan fingerprint density at radius 1 is 1.41 bits per heavy atom. The molecule has 1 amide bonds. The quantitative estimate of drug-likeness (QED) is 0.867. The lowest BCUT2D eigenvalue weighted by Crippen LogP contribution is -2.29. The molecule has 0 aliphatic carbocycles. The fourth-order valence-corrected chi connectivity index (χ4v) is 1.94. The summed E-state index contributed by atoms with van der Waals surface area (Å²) in [6, 6.07) is 5.08. The van der Waals surface area contributed by atoms with Crippen molar-refractivity contribution in [1.82, 2.24) is 10.6 Å². The standard InChI is InChI=1S/C12H16Cl2N2O/c1-8(16-12(17)5-6-15-2)10-7-9(13)3-4-11(10)14/h3-4,7-8,15H,5-6H2,1-2H3,(H,16,17). The molecule has 0 fully saturated rings. The Balaban J connectivity index is 2.66. The van der Waals surface area contributed by atoms with Gasteiger partial charge in [-0.2, -0.15) is 0 Å². The Labute approximate surface area is 111 Å². The molecule has 0 saturated heterocycles. The van der Waals surface area contributed by atoms with Gasteiger partial charge in [0.1, 0.15) is 0 Å². The number of hydrogen-bond donors (Lipinski definition) is 2. The van der Waals surface area contributed by atoms with Gasteiger partial charge in [0.05, 0.1) is 6.04 Å². The molecule has 1 unspecified atom stereocenters. The molecular formula is C12H16Cl2N2O. The first-order valence-corrected chi connectivity index (χ1v) is 6.19. The Kier molecular flexibility index (Phi) is 5.75. The number of amides is 1. The molecule has 0 saturated carbocycles. The van der Waals surface area contributed by atoms with E-state index < -0.39 is 0 Å². The number of nitrogens with one attached hydrogen (secondary N) is 2. The summed E-state index contributed by atoms with van der Waals surface area (Å²) >= 11 is 12.0. The van der Waals surface area contributed by atoms with Gasteiger partial charge in [-0.1, -0.05) is 23.2 Å². The number of benzene rings is 1. The molecule has 94 valence electrons. The predicted octanol–water partition coefficient (Wildman–Crippen LogP) is 2.78. The number of carbonyl (C=O) groups is 1. The maximum atomic E-state index is 11.6. The number of halogens is 2. The van der Waals surface area contributed by atoms with Crippen molar-refractivity contribution in [2.24, 2.45) is 0 Å². The van der Waals surface area contributed by atoms with E-state index >= 15 is 0 Å². The molecule has 0 aromatic heterocycles. The van der Waals surface area contributed by atoms with Gasteiger partial charge < -0.3 is 10.6 Å². The third-order valence-electron chi connectivity index (χ3n) is 2.40. The highest BCUT2D eigenvalue weighted by Crippen LogP contribution is 2.26. The Morgan fingerprint density at radius 2 is 2.12 bits per heavy atom. The van der Waals surface area contributed by atoms with Crippen molar-refractivity contribution >= 4 is 29.1 Å². The van der Waals surface area contributed by atoms with Crippen molar-refractivity contribution in [3.05, 3.63) is 33.8 Å². The Bertz CT molecular complexity index is 396. The molecule has 17 heavy (non-hydrogen) atoms. The minimum Gasteiger partial charge on any atom is -0.349 e. The average Bonchev–Trinajstić information content (AvgIpc) is 2.29. The molecular weight excluding hydrogens is 259 g/mol. The molecule has 1 aromatic carbocycles. The molecule has 2 N–H and O–H groups in total. The number of carbonyl (C=O) groups excluding carboxylic acids is 1. The SMILES string of the molecule is CNCCC(=O)NC(C)c1cc(Cl)ccc1Cl. The van der Waals surface area contributed by atoms with Crippen LogP contribution in [-0.2, 0) is 4.79 Å². The lowest BCUT2D eigenvalue weighted by Gasteiger charge is -2.16.